The summed E-state index contributed by atoms with van der Waals surface area (Å²) >= 11 is 6.04. The minimum atomic E-state index is -0.714. The van der Waals surface area contributed by atoms with Gasteiger partial charge in [0.15, 0.2) is 12.3 Å². The van der Waals surface area contributed by atoms with E-state index in [4.69, 9.17) is 22.1 Å². The topological polar surface area (TPSA) is 110 Å². The van der Waals surface area contributed by atoms with Gasteiger partial charge < -0.3 is 15.4 Å². The second-order valence-corrected chi connectivity index (χ2v) is 8.07. The molecule has 0 unspecified atom stereocenters. The van der Waals surface area contributed by atoms with E-state index in [1.54, 1.807) is 18.2 Å². The number of aromatic amines is 1. The molecule has 0 radical (unpaired) electrons. The van der Waals surface area contributed by atoms with Crippen LogP contribution in [0.2, 0.25) is 5.02 Å². The molecule has 174 valence electrons. The van der Waals surface area contributed by atoms with E-state index in [-0.39, 0.29) is 31.2 Å². The normalized spacial score (nSPS) is 10.8. The van der Waals surface area contributed by atoms with E-state index < -0.39 is 17.2 Å². The Labute approximate surface area is 196 Å². The van der Waals surface area contributed by atoms with Crippen LogP contribution in [0, 0.1) is 6.92 Å². The summed E-state index contributed by atoms with van der Waals surface area (Å²) < 4.78 is 6.90. The molecule has 33 heavy (non-hydrogen) atoms. The van der Waals surface area contributed by atoms with Crippen LogP contribution in [0.4, 0.5) is 11.5 Å². The minimum absolute atomic E-state index is 0.0557. The average Bonchev–Trinajstić information content (AvgIpc) is 2.80. The van der Waals surface area contributed by atoms with E-state index in [1.165, 1.54) is 9.47 Å². The van der Waals surface area contributed by atoms with Gasteiger partial charge in [-0.05, 0) is 42.7 Å². The van der Waals surface area contributed by atoms with E-state index in [1.807, 2.05) is 44.2 Å². The number of carbonyl (C=O) groups is 1. The zero-order valence-corrected chi connectivity index (χ0v) is 19.4. The van der Waals surface area contributed by atoms with Crippen molar-refractivity contribution in [1.82, 2.24) is 9.55 Å². The first-order valence-corrected chi connectivity index (χ1v) is 11.1. The lowest BCUT2D eigenvalue weighted by Gasteiger charge is -2.24. The smallest absolute Gasteiger partial charge is 0.330 e. The van der Waals surface area contributed by atoms with Crippen molar-refractivity contribution >= 4 is 29.0 Å². The third-order valence-corrected chi connectivity index (χ3v) is 5.62. The summed E-state index contributed by atoms with van der Waals surface area (Å²) in [4.78, 5) is 41.9. The lowest BCUT2D eigenvalue weighted by molar-refractivity contribution is -0.120. The molecule has 8 nitrogen and oxygen atoms in total. The van der Waals surface area contributed by atoms with E-state index >= 15 is 0 Å². The first kappa shape index (κ1) is 24.1. The number of hydrogen-bond acceptors (Lipinski definition) is 5. The summed E-state index contributed by atoms with van der Waals surface area (Å²) in [6, 6.07) is 14.3. The Morgan fingerprint density at radius 2 is 1.91 bits per heavy atom. The molecule has 3 rings (SSSR count). The molecule has 0 aliphatic carbocycles. The first-order valence-electron chi connectivity index (χ1n) is 10.7. The molecule has 2 aromatic carbocycles. The summed E-state index contributed by atoms with van der Waals surface area (Å²) in [5.74, 6) is -0.0332. The summed E-state index contributed by atoms with van der Waals surface area (Å²) in [5.41, 5.74) is 6.52. The molecule has 0 bridgehead atoms. The van der Waals surface area contributed by atoms with E-state index in [9.17, 15) is 14.4 Å². The van der Waals surface area contributed by atoms with Crippen LogP contribution in [0.1, 0.15) is 30.9 Å². The van der Waals surface area contributed by atoms with Crippen molar-refractivity contribution < 1.29 is 9.53 Å². The van der Waals surface area contributed by atoms with Crippen molar-refractivity contribution in [2.24, 2.45) is 0 Å². The van der Waals surface area contributed by atoms with Crippen molar-refractivity contribution in [3.8, 4) is 5.75 Å². The standard InChI is InChI=1S/C24H27ClN4O4/c1-3-4-12-28(20(30)15-33-18-10-11-19(25)16(2)13-18)21-22(26)29(24(32)27-23(21)31)14-17-8-6-5-7-9-17/h5-11,13H,3-4,12,14-15,26H2,1-2H3,(H,27,31,32). The number of ether oxygens (including phenoxy) is 1. The third kappa shape index (κ3) is 5.84. The van der Waals surface area contributed by atoms with Crippen LogP contribution in [0.5, 0.6) is 5.75 Å². The Morgan fingerprint density at radius 1 is 1.18 bits per heavy atom. The van der Waals surface area contributed by atoms with Crippen molar-refractivity contribution in [1.29, 1.82) is 0 Å². The van der Waals surface area contributed by atoms with E-state index in [0.717, 1.165) is 17.5 Å². The third-order valence-electron chi connectivity index (χ3n) is 5.20. The Balaban J connectivity index is 1.92. The maximum atomic E-state index is 13.1. The number of benzene rings is 2. The summed E-state index contributed by atoms with van der Waals surface area (Å²) in [5, 5.41) is 0.596. The number of carbonyl (C=O) groups excluding carboxylic acids is 1. The molecule has 9 heteroatoms. The molecule has 0 spiro atoms. The minimum Gasteiger partial charge on any atom is -0.484 e. The number of aromatic nitrogens is 2. The lowest BCUT2D eigenvalue weighted by Crippen LogP contribution is -2.43. The Kier molecular flexibility index (Phi) is 7.95. The number of hydrogen-bond donors (Lipinski definition) is 2. The number of nitrogens with one attached hydrogen (secondary N) is 1. The zero-order valence-electron chi connectivity index (χ0n) is 18.6. The fourth-order valence-corrected chi connectivity index (χ4v) is 3.49. The zero-order chi connectivity index (χ0) is 24.0. The quantitative estimate of drug-likeness (QED) is 0.498. The van der Waals surface area contributed by atoms with Crippen LogP contribution in [-0.2, 0) is 11.3 Å². The van der Waals surface area contributed by atoms with Crippen LogP contribution in [0.15, 0.2) is 58.1 Å². The number of unbranched alkanes of at least 4 members (excludes halogenated alkanes) is 1. The van der Waals surface area contributed by atoms with Gasteiger partial charge in [-0.25, -0.2) is 4.79 Å². The molecule has 1 amide bonds. The highest BCUT2D eigenvalue weighted by atomic mass is 35.5. The second kappa shape index (κ2) is 10.9. The highest BCUT2D eigenvalue weighted by Crippen LogP contribution is 2.22. The molecule has 3 aromatic rings. The molecule has 1 heterocycles. The van der Waals surface area contributed by atoms with Gasteiger partial charge in [0.2, 0.25) is 0 Å². The van der Waals surface area contributed by atoms with Gasteiger partial charge in [-0.3, -0.25) is 19.1 Å². The first-order chi connectivity index (χ1) is 15.8. The fourth-order valence-electron chi connectivity index (χ4n) is 3.37. The number of nitrogen functional groups attached to an aromatic ring is 1. The van der Waals surface area contributed by atoms with Crippen LogP contribution in [0.3, 0.4) is 0 Å². The van der Waals surface area contributed by atoms with Crippen molar-refractivity contribution in [3.05, 3.63) is 85.5 Å². The van der Waals surface area contributed by atoms with Crippen LogP contribution in [0.25, 0.3) is 0 Å². The maximum absolute atomic E-state index is 13.1. The van der Waals surface area contributed by atoms with Gasteiger partial charge >= 0.3 is 5.69 Å². The number of H-pyrrole nitrogens is 1. The molecule has 1 aromatic heterocycles. The van der Waals surface area contributed by atoms with Gasteiger partial charge in [0.05, 0.1) is 6.54 Å². The molecular formula is C24H27ClN4O4. The Hall–Kier alpha value is -3.52. The van der Waals surface area contributed by atoms with Crippen LogP contribution < -0.4 is 26.6 Å². The van der Waals surface area contributed by atoms with E-state index in [2.05, 4.69) is 4.98 Å². The predicted molar refractivity (Wildman–Crippen MR) is 130 cm³/mol. The fraction of sp³-hybridized carbons (Fsp3) is 0.292. The number of amides is 1. The molecule has 0 aliphatic rings. The van der Waals surface area contributed by atoms with Gasteiger partial charge in [-0.15, -0.1) is 0 Å². The average molecular weight is 471 g/mol. The van der Waals surface area contributed by atoms with Gasteiger partial charge in [0.1, 0.15) is 11.6 Å². The highest BCUT2D eigenvalue weighted by Gasteiger charge is 2.24. The molecule has 0 aliphatic heterocycles. The number of anilines is 2. The van der Waals surface area contributed by atoms with Gasteiger partial charge in [0, 0.05) is 11.6 Å². The number of halogens is 1. The van der Waals surface area contributed by atoms with Crippen LogP contribution in [-0.4, -0.2) is 28.6 Å². The van der Waals surface area contributed by atoms with Gasteiger partial charge in [0.25, 0.3) is 11.5 Å². The van der Waals surface area contributed by atoms with E-state index in [0.29, 0.717) is 17.2 Å². The lowest BCUT2D eigenvalue weighted by atomic mass is 10.2. The maximum Gasteiger partial charge on any atom is 0.330 e. The van der Waals surface area contributed by atoms with Gasteiger partial charge in [-0.1, -0.05) is 55.3 Å². The number of rotatable bonds is 9. The number of aryl methyl sites for hydroxylation is 1. The molecule has 0 saturated heterocycles. The molecule has 3 N–H and O–H groups in total. The summed E-state index contributed by atoms with van der Waals surface area (Å²) in [7, 11) is 0. The van der Waals surface area contributed by atoms with Crippen molar-refractivity contribution in [2.45, 2.75) is 33.2 Å². The summed E-state index contributed by atoms with van der Waals surface area (Å²) in [6.45, 7) is 3.92. The monoisotopic (exact) mass is 470 g/mol. The molecule has 0 fully saturated rings. The molecule has 0 saturated carbocycles. The van der Waals surface area contributed by atoms with Crippen molar-refractivity contribution in [3.63, 3.8) is 0 Å². The van der Waals surface area contributed by atoms with Gasteiger partial charge in [-0.2, -0.15) is 0 Å². The Morgan fingerprint density at radius 3 is 2.58 bits per heavy atom. The van der Waals surface area contributed by atoms with Crippen molar-refractivity contribution in [2.75, 3.05) is 23.8 Å². The largest absolute Gasteiger partial charge is 0.484 e. The highest BCUT2D eigenvalue weighted by molar-refractivity contribution is 6.31. The SMILES string of the molecule is CCCCN(C(=O)COc1ccc(Cl)c(C)c1)c1c(N)n(Cc2ccccc2)c(=O)[nH]c1=O. The second-order valence-electron chi connectivity index (χ2n) is 7.66. The molecular weight excluding hydrogens is 444 g/mol. The number of nitrogens with zero attached hydrogens (tertiary/aromatic N) is 2. The van der Waals surface area contributed by atoms with Crippen LogP contribution >= 0.6 is 11.6 Å². The number of nitrogens with two attached hydrogens (primary N) is 1. The Bertz CT molecular complexity index is 1240. The molecule has 0 atom stereocenters. The predicted octanol–water partition coefficient (Wildman–Crippen LogP) is 3.34. The summed E-state index contributed by atoms with van der Waals surface area (Å²) in [6.07, 6.45) is 1.44.